The molecule has 3 atom stereocenters. The first-order valence-corrected chi connectivity index (χ1v) is 11.5. The molecule has 1 N–H and O–H groups in total. The molecule has 0 aromatic carbocycles. The van der Waals surface area contributed by atoms with Crippen molar-refractivity contribution in [2.75, 3.05) is 0 Å². The Labute approximate surface area is 173 Å². The van der Waals surface area contributed by atoms with Crippen LogP contribution in [0.5, 0.6) is 0 Å². The Kier molecular flexibility index (Phi) is 13.5. The fraction of sp³-hybridized carbons (Fsp3) is 0.917. The van der Waals surface area contributed by atoms with E-state index in [1.807, 2.05) is 0 Å². The molecule has 0 aromatic rings. The highest BCUT2D eigenvalue weighted by atomic mass is 16.5. The quantitative estimate of drug-likeness (QED) is 0.317. The van der Waals surface area contributed by atoms with E-state index in [4.69, 9.17) is 4.74 Å². The number of hydrogen-bond donors (Lipinski definition) is 1. The highest BCUT2D eigenvalue weighted by molar-refractivity contribution is 5.81. The van der Waals surface area contributed by atoms with Crippen LogP contribution in [0.25, 0.3) is 0 Å². The van der Waals surface area contributed by atoms with Crippen LogP contribution in [0.15, 0.2) is 0 Å². The van der Waals surface area contributed by atoms with Crippen LogP contribution < -0.4 is 0 Å². The van der Waals surface area contributed by atoms with Gasteiger partial charge in [0.15, 0.2) is 0 Å². The maximum absolute atomic E-state index is 13.2. The highest BCUT2D eigenvalue weighted by Gasteiger charge is 2.38. The van der Waals surface area contributed by atoms with Crippen molar-refractivity contribution in [1.29, 1.82) is 0 Å². The summed E-state index contributed by atoms with van der Waals surface area (Å²) in [5.41, 5.74) is 0. The van der Waals surface area contributed by atoms with Gasteiger partial charge in [0.25, 0.3) is 0 Å². The normalized spacial score (nSPS) is 15.3. The molecule has 0 fully saturated rings. The Bertz CT molecular complexity index is 436. The summed E-state index contributed by atoms with van der Waals surface area (Å²) >= 11 is 0. The first kappa shape index (κ1) is 26.9. The van der Waals surface area contributed by atoms with E-state index in [1.165, 1.54) is 0 Å². The summed E-state index contributed by atoms with van der Waals surface area (Å²) in [6.07, 6.45) is 5.61. The summed E-state index contributed by atoms with van der Waals surface area (Å²) in [6.45, 7) is 16.8. The lowest BCUT2D eigenvalue weighted by atomic mass is 9.77. The van der Waals surface area contributed by atoms with Gasteiger partial charge in [0.1, 0.15) is 6.10 Å². The third-order valence-electron chi connectivity index (χ3n) is 6.30. The van der Waals surface area contributed by atoms with Crippen LogP contribution in [0, 0.1) is 35.5 Å². The van der Waals surface area contributed by atoms with Crippen LogP contribution in [0.3, 0.4) is 0 Å². The molecule has 0 saturated carbocycles. The van der Waals surface area contributed by atoms with Gasteiger partial charge in [-0.25, -0.2) is 0 Å². The van der Waals surface area contributed by atoms with Crippen LogP contribution in [0.4, 0.5) is 0 Å². The molecule has 0 bridgehead atoms. The van der Waals surface area contributed by atoms with Crippen molar-refractivity contribution >= 4 is 11.9 Å². The number of aliphatic carboxylic acids is 1. The van der Waals surface area contributed by atoms with Crippen molar-refractivity contribution in [3.05, 3.63) is 0 Å². The fourth-order valence-electron chi connectivity index (χ4n) is 3.98. The van der Waals surface area contributed by atoms with Gasteiger partial charge in [-0.2, -0.15) is 0 Å². The second-order valence-electron chi connectivity index (χ2n) is 9.24. The maximum Gasteiger partial charge on any atom is 0.310 e. The second-order valence-corrected chi connectivity index (χ2v) is 9.24. The number of carboxylic acids is 1. The van der Waals surface area contributed by atoms with Gasteiger partial charge in [-0.3, -0.25) is 9.59 Å². The first-order chi connectivity index (χ1) is 13.1. The van der Waals surface area contributed by atoms with E-state index in [2.05, 4.69) is 55.4 Å². The molecule has 0 heterocycles. The molecule has 0 aliphatic carbocycles. The van der Waals surface area contributed by atoms with Crippen molar-refractivity contribution in [3.63, 3.8) is 0 Å². The number of ether oxygens (including phenoxy) is 1. The fourth-order valence-corrected chi connectivity index (χ4v) is 3.98. The zero-order chi connectivity index (χ0) is 21.9. The molecule has 0 rings (SSSR count). The van der Waals surface area contributed by atoms with Crippen molar-refractivity contribution in [1.82, 2.24) is 0 Å². The van der Waals surface area contributed by atoms with Gasteiger partial charge in [-0.15, -0.1) is 0 Å². The standard InChI is InChI=1S/C24H46O4/c1-9-18(10-2)14-20(23(25)26)21(15-19(11-3)12-4)24(27)28-22(17(7)8)13-16(5)6/h16-22H,9-15H2,1-8H3,(H,25,26). The second kappa shape index (κ2) is 14.0. The van der Waals surface area contributed by atoms with Gasteiger partial charge in [-0.1, -0.05) is 81.1 Å². The smallest absolute Gasteiger partial charge is 0.310 e. The molecule has 166 valence electrons. The Morgan fingerprint density at radius 1 is 0.750 bits per heavy atom. The first-order valence-electron chi connectivity index (χ1n) is 11.5. The zero-order valence-corrected chi connectivity index (χ0v) is 19.7. The van der Waals surface area contributed by atoms with Crippen LogP contribution in [0.2, 0.25) is 0 Å². The van der Waals surface area contributed by atoms with Crippen LogP contribution >= 0.6 is 0 Å². The Balaban J connectivity index is 5.66. The predicted molar refractivity (Wildman–Crippen MR) is 116 cm³/mol. The number of carbonyl (C=O) groups excluding carboxylic acids is 1. The average Bonchev–Trinajstić information content (AvgIpc) is 2.63. The SMILES string of the molecule is CCC(CC)CC(C(=O)O)C(CC(CC)CC)C(=O)OC(CC(C)C)C(C)C. The minimum absolute atomic E-state index is 0.153. The van der Waals surface area contributed by atoms with Gasteiger partial charge in [0, 0.05) is 0 Å². The molecule has 4 heteroatoms. The molecule has 28 heavy (non-hydrogen) atoms. The third kappa shape index (κ3) is 9.43. The summed E-state index contributed by atoms with van der Waals surface area (Å²) in [6, 6.07) is 0. The molecule has 0 aliphatic rings. The van der Waals surface area contributed by atoms with Gasteiger partial charge in [0.2, 0.25) is 0 Å². The summed E-state index contributed by atoms with van der Waals surface area (Å²) in [4.78, 5) is 25.4. The lowest BCUT2D eigenvalue weighted by Gasteiger charge is -2.31. The van der Waals surface area contributed by atoms with E-state index in [-0.39, 0.29) is 18.0 Å². The number of carboxylic acid groups (broad SMARTS) is 1. The van der Waals surface area contributed by atoms with E-state index in [1.54, 1.807) is 0 Å². The summed E-state index contributed by atoms with van der Waals surface area (Å²) in [7, 11) is 0. The largest absolute Gasteiger partial charge is 0.481 e. The number of rotatable bonds is 15. The minimum atomic E-state index is -0.857. The molecule has 3 unspecified atom stereocenters. The summed E-state index contributed by atoms with van der Waals surface area (Å²) in [5.74, 6) is -1.05. The van der Waals surface area contributed by atoms with E-state index in [0.29, 0.717) is 30.6 Å². The Morgan fingerprint density at radius 3 is 1.50 bits per heavy atom. The third-order valence-corrected chi connectivity index (χ3v) is 6.30. The van der Waals surface area contributed by atoms with Gasteiger partial charge < -0.3 is 9.84 Å². The number of carbonyl (C=O) groups is 2. The van der Waals surface area contributed by atoms with E-state index >= 15 is 0 Å². The monoisotopic (exact) mass is 398 g/mol. The Morgan fingerprint density at radius 2 is 1.18 bits per heavy atom. The minimum Gasteiger partial charge on any atom is -0.481 e. The van der Waals surface area contributed by atoms with E-state index in [0.717, 1.165) is 32.1 Å². The van der Waals surface area contributed by atoms with Gasteiger partial charge in [-0.05, 0) is 42.9 Å². The summed E-state index contributed by atoms with van der Waals surface area (Å²) < 4.78 is 5.95. The number of esters is 1. The van der Waals surface area contributed by atoms with Crippen molar-refractivity contribution in [2.45, 2.75) is 106 Å². The average molecular weight is 399 g/mol. The molecular formula is C24H46O4. The van der Waals surface area contributed by atoms with Crippen molar-refractivity contribution in [3.8, 4) is 0 Å². The predicted octanol–water partition coefficient (Wildman–Crippen LogP) is 6.57. The van der Waals surface area contributed by atoms with Crippen LogP contribution in [-0.2, 0) is 14.3 Å². The highest BCUT2D eigenvalue weighted by Crippen LogP contribution is 2.33. The lowest BCUT2D eigenvalue weighted by Crippen LogP contribution is -2.37. The Hall–Kier alpha value is -1.06. The van der Waals surface area contributed by atoms with Gasteiger partial charge in [0.05, 0.1) is 11.8 Å². The molecule has 0 aromatic heterocycles. The molecule has 0 radical (unpaired) electrons. The van der Waals surface area contributed by atoms with E-state index in [9.17, 15) is 14.7 Å². The van der Waals surface area contributed by atoms with Gasteiger partial charge >= 0.3 is 11.9 Å². The maximum atomic E-state index is 13.2. The molecule has 0 amide bonds. The molecule has 0 aliphatic heterocycles. The lowest BCUT2D eigenvalue weighted by molar-refractivity contribution is -0.166. The van der Waals surface area contributed by atoms with Crippen molar-refractivity contribution in [2.24, 2.45) is 35.5 Å². The van der Waals surface area contributed by atoms with E-state index < -0.39 is 17.8 Å². The van der Waals surface area contributed by atoms with Crippen LogP contribution in [0.1, 0.15) is 100 Å². The number of hydrogen-bond acceptors (Lipinski definition) is 3. The van der Waals surface area contributed by atoms with Crippen LogP contribution in [-0.4, -0.2) is 23.1 Å². The summed E-state index contributed by atoms with van der Waals surface area (Å²) in [5, 5.41) is 9.97. The molecule has 0 saturated heterocycles. The topological polar surface area (TPSA) is 63.6 Å². The zero-order valence-electron chi connectivity index (χ0n) is 19.7. The van der Waals surface area contributed by atoms with Crippen molar-refractivity contribution < 1.29 is 19.4 Å². The molecular weight excluding hydrogens is 352 g/mol. The molecule has 4 nitrogen and oxygen atoms in total. The molecule has 0 spiro atoms.